The fourth-order valence-electron chi connectivity index (χ4n) is 0.485. The molecule has 0 amide bonds. The molecule has 0 aliphatic heterocycles. The van der Waals surface area contributed by atoms with Gasteiger partial charge in [-0.2, -0.15) is 0 Å². The first-order valence-corrected chi connectivity index (χ1v) is 2.72. The Hall–Kier alpha value is 0.813. The van der Waals surface area contributed by atoms with Crippen LogP contribution in [0.1, 0.15) is 0 Å². The molecule has 13 heteroatoms. The van der Waals surface area contributed by atoms with Crippen LogP contribution in [0, 0.1) is 20.2 Å². The van der Waals surface area contributed by atoms with Crippen LogP contribution < -0.4 is 103 Å². The molecule has 0 aliphatic carbocycles. The predicted molar refractivity (Wildman–Crippen MR) is 36.4 cm³/mol. The number of hydrogen-bond donors (Lipinski definition) is 1. The molecule has 0 atom stereocenters. The van der Waals surface area contributed by atoms with E-state index in [-0.39, 0.29) is 103 Å². The van der Waals surface area contributed by atoms with Gasteiger partial charge in [-0.25, -0.2) is 20.2 Å². The van der Waals surface area contributed by atoms with E-state index in [1.165, 1.54) is 0 Å². The second-order valence-corrected chi connectivity index (χ2v) is 1.63. The van der Waals surface area contributed by atoms with Crippen LogP contribution in [-0.2, 0) is 0 Å². The molecule has 1 aromatic rings. The van der Waals surface area contributed by atoms with Gasteiger partial charge in [0.05, 0.1) is 5.95 Å². The number of nitro groups is 2. The third-order valence-electron chi connectivity index (χ3n) is 0.809. The largest absolute Gasteiger partial charge is 1.00 e. The number of rotatable bonds is 4. The van der Waals surface area contributed by atoms with Gasteiger partial charge in [0, 0.05) is 0 Å². The molecular weight excluding hydrogens is 264 g/mol. The third kappa shape index (κ3) is 7.66. The minimum absolute atomic E-state index is 0. The molecule has 11 nitrogen and oxygen atoms in total. The van der Waals surface area contributed by atoms with E-state index in [0.717, 1.165) is 0 Å². The van der Waals surface area contributed by atoms with Crippen LogP contribution >= 0.6 is 0 Å². The Morgan fingerprint density at radius 1 is 1.13 bits per heavy atom. The number of H-pyrrole nitrogens is 1. The van der Waals surface area contributed by atoms with Crippen molar-refractivity contribution in [3.63, 3.8) is 0 Å². The van der Waals surface area contributed by atoms with Gasteiger partial charge < -0.3 is 15.2 Å². The van der Waals surface area contributed by atoms with Crippen LogP contribution in [0.3, 0.4) is 0 Å². The van der Waals surface area contributed by atoms with Crippen molar-refractivity contribution in [2.75, 3.05) is 0 Å². The molecule has 0 radical (unpaired) electrons. The summed E-state index contributed by atoms with van der Waals surface area (Å²) in [6.07, 6.45) is 0. The van der Waals surface area contributed by atoms with E-state index >= 15 is 0 Å². The molecule has 0 bridgehead atoms. The van der Waals surface area contributed by atoms with Crippen molar-refractivity contribution in [3.05, 3.63) is 31.1 Å². The first-order chi connectivity index (χ1) is 6.08. The van der Waals surface area contributed by atoms with Crippen molar-refractivity contribution in [2.24, 2.45) is 0 Å². The van der Waals surface area contributed by atoms with Gasteiger partial charge in [-0.15, -0.1) is 0 Å². The van der Waals surface area contributed by atoms with Gasteiger partial charge in [0.15, 0.2) is 0 Å². The Balaban J connectivity index is 0. The van der Waals surface area contributed by atoms with Crippen LogP contribution in [0.25, 0.3) is 10.9 Å². The van der Waals surface area contributed by atoms with E-state index in [1.54, 1.807) is 0 Å². The molecule has 0 fully saturated rings. The van der Waals surface area contributed by atoms with Crippen LogP contribution in [0.5, 0.6) is 0 Å². The minimum atomic E-state index is -1.03. The Morgan fingerprint density at radius 2 is 1.67 bits per heavy atom. The van der Waals surface area contributed by atoms with Gasteiger partial charge in [0.2, 0.25) is 0 Å². The maximum Gasteiger partial charge on any atom is 1.00 e. The molecule has 15 heavy (non-hydrogen) atoms. The summed E-state index contributed by atoms with van der Waals surface area (Å²) in [7, 11) is 0. The van der Waals surface area contributed by atoms with Crippen molar-refractivity contribution >= 4 is 11.9 Å². The van der Waals surface area contributed by atoms with E-state index < -0.39 is 22.0 Å². The molecule has 1 N–H and O–H groups in total. The summed E-state index contributed by atoms with van der Waals surface area (Å²) in [5.74, 6) is -0.976. The molecule has 0 saturated carbocycles. The van der Waals surface area contributed by atoms with Crippen molar-refractivity contribution in [1.29, 1.82) is 0 Å². The summed E-state index contributed by atoms with van der Waals surface area (Å²) in [6.45, 7) is 0. The maximum atomic E-state index is 9.79. The van der Waals surface area contributed by atoms with Gasteiger partial charge in [0.25, 0.3) is 0 Å². The topological polar surface area (TPSA) is 156 Å². The van der Waals surface area contributed by atoms with Gasteiger partial charge >= 0.3 is 103 Å². The summed E-state index contributed by atoms with van der Waals surface area (Å²) in [5, 5.41) is 22.7. The molecule has 0 spiro atoms. The van der Waals surface area contributed by atoms with E-state index in [0.29, 0.717) is 0 Å². The SMILES string of the molecule is O=[N+]([O-])[N-]c1n[nH]c([N-][N+](=O)[O-])n1.[K+].[K+]. The summed E-state index contributed by atoms with van der Waals surface area (Å²) in [5.41, 5.74) is 5.37. The fraction of sp³-hybridized carbons (Fsp3) is 0. The standard InChI is InChI=1S/C2HN7O4.2K/c10-8(11)6-1-3-2(5-4-1)7-9(12)13;;/h(H-2,3,4,5,6,7);;/q-2;2*+1. The number of aromatic amines is 1. The smallest absolute Gasteiger partial charge is 0.397 e. The van der Waals surface area contributed by atoms with Crippen molar-refractivity contribution < 1.29 is 113 Å². The molecule has 0 aromatic carbocycles. The molecule has 1 rings (SSSR count). The van der Waals surface area contributed by atoms with Gasteiger partial charge in [-0.1, -0.05) is 10.9 Å². The van der Waals surface area contributed by atoms with Crippen molar-refractivity contribution in [2.45, 2.75) is 0 Å². The summed E-state index contributed by atoms with van der Waals surface area (Å²) in [6, 6.07) is 0. The Morgan fingerprint density at radius 3 is 2.13 bits per heavy atom. The number of hydrogen-bond acceptors (Lipinski definition) is 6. The van der Waals surface area contributed by atoms with Crippen LogP contribution in [-0.4, -0.2) is 25.2 Å². The number of nitrogens with one attached hydrogen (secondary N) is 1. The molecule has 0 aliphatic rings. The van der Waals surface area contributed by atoms with Crippen LogP contribution in [0.2, 0.25) is 0 Å². The Bertz CT molecular complexity index is 309. The molecular formula is C2HK2N7O4. The third-order valence-corrected chi connectivity index (χ3v) is 0.809. The minimum Gasteiger partial charge on any atom is -0.397 e. The average molecular weight is 265 g/mol. The average Bonchev–Trinajstić information content (AvgIpc) is 2.33. The van der Waals surface area contributed by atoms with E-state index in [1.807, 2.05) is 5.10 Å². The first-order valence-electron chi connectivity index (χ1n) is 2.72. The van der Waals surface area contributed by atoms with Crippen LogP contribution in [0.4, 0.5) is 11.9 Å². The second-order valence-electron chi connectivity index (χ2n) is 1.63. The quantitative estimate of drug-likeness (QED) is 0.324. The van der Waals surface area contributed by atoms with Crippen molar-refractivity contribution in [3.8, 4) is 0 Å². The van der Waals surface area contributed by atoms with E-state index in [2.05, 4.69) is 20.9 Å². The summed E-state index contributed by atoms with van der Waals surface area (Å²) in [4.78, 5) is 22.8. The van der Waals surface area contributed by atoms with E-state index in [4.69, 9.17) is 0 Å². The first kappa shape index (κ1) is 18.2. The monoisotopic (exact) mass is 265 g/mol. The predicted octanol–water partition coefficient (Wildman–Crippen LogP) is -5.79. The normalized spacial score (nSPS) is 8.00. The zero-order valence-corrected chi connectivity index (χ0v) is 14.1. The number of nitrogens with zero attached hydrogens (tertiary/aromatic N) is 6. The van der Waals surface area contributed by atoms with E-state index in [9.17, 15) is 20.2 Å². The summed E-state index contributed by atoms with van der Waals surface area (Å²) >= 11 is 0. The molecule has 1 aromatic heterocycles. The molecule has 70 valence electrons. The van der Waals surface area contributed by atoms with Gasteiger partial charge in [-0.05, 0) is 0 Å². The molecule has 0 saturated heterocycles. The van der Waals surface area contributed by atoms with Gasteiger partial charge in [-0.3, -0.25) is 0 Å². The molecule has 1 heterocycles. The maximum absolute atomic E-state index is 9.79. The zero-order chi connectivity index (χ0) is 9.84. The summed E-state index contributed by atoms with van der Waals surface area (Å²) < 4.78 is 0. The molecule has 0 unspecified atom stereocenters. The Kier molecular flexibility index (Phi) is 10.8. The van der Waals surface area contributed by atoms with Crippen LogP contribution in [0.15, 0.2) is 0 Å². The van der Waals surface area contributed by atoms with Crippen molar-refractivity contribution in [1.82, 2.24) is 15.2 Å². The Labute approximate surface area is 167 Å². The second kappa shape index (κ2) is 8.91. The fourth-order valence-corrected chi connectivity index (χ4v) is 0.485. The van der Waals surface area contributed by atoms with Gasteiger partial charge in [0.1, 0.15) is 16.0 Å². The zero-order valence-electron chi connectivity index (χ0n) is 7.82. The number of aromatic nitrogens is 3.